The number of carbonyl (C=O) groups is 2. The van der Waals surface area contributed by atoms with Gasteiger partial charge in [-0.25, -0.2) is 0 Å². The highest BCUT2D eigenvalue weighted by atomic mass is 79.9. The van der Waals surface area contributed by atoms with Crippen molar-refractivity contribution >= 4 is 45.2 Å². The average molecular weight is 478 g/mol. The van der Waals surface area contributed by atoms with Gasteiger partial charge in [-0.1, -0.05) is 54.9 Å². The number of allylic oxidation sites excluding steroid dienone is 2. The van der Waals surface area contributed by atoms with Crippen LogP contribution in [-0.2, 0) is 14.3 Å². The number of benzene rings is 1. The van der Waals surface area contributed by atoms with Crippen LogP contribution in [0.5, 0.6) is 0 Å². The SMILES string of the molecule is CCSCCOC(=O)C1C(C)=NC2=C(C(=O)CC(C)(C)C2)[C@@H]1c1ccccc1Br. The number of thioether (sulfide) groups is 1. The molecule has 0 aromatic heterocycles. The Bertz CT molecular complexity index is 875. The molecule has 0 saturated heterocycles. The van der Waals surface area contributed by atoms with Crippen molar-refractivity contribution in [1.82, 2.24) is 0 Å². The van der Waals surface area contributed by atoms with E-state index in [1.165, 1.54) is 0 Å². The molecule has 4 nitrogen and oxygen atoms in total. The molecular weight excluding hydrogens is 450 g/mol. The van der Waals surface area contributed by atoms with Gasteiger partial charge in [-0.3, -0.25) is 14.6 Å². The lowest BCUT2D eigenvalue weighted by molar-refractivity contribution is -0.145. The lowest BCUT2D eigenvalue weighted by atomic mass is 9.67. The zero-order chi connectivity index (χ0) is 21.2. The van der Waals surface area contributed by atoms with Gasteiger partial charge < -0.3 is 4.74 Å². The Kier molecular flexibility index (Phi) is 7.05. The van der Waals surface area contributed by atoms with Crippen LogP contribution in [0.2, 0.25) is 0 Å². The zero-order valence-electron chi connectivity index (χ0n) is 17.5. The maximum Gasteiger partial charge on any atom is 0.315 e. The molecule has 1 aromatic rings. The largest absolute Gasteiger partial charge is 0.464 e. The van der Waals surface area contributed by atoms with Crippen LogP contribution in [0.3, 0.4) is 0 Å². The predicted molar refractivity (Wildman–Crippen MR) is 122 cm³/mol. The summed E-state index contributed by atoms with van der Waals surface area (Å²) >= 11 is 5.37. The normalized spacial score (nSPS) is 23.5. The van der Waals surface area contributed by atoms with Crippen LogP contribution in [0.1, 0.15) is 52.0 Å². The van der Waals surface area contributed by atoms with Gasteiger partial charge in [0.1, 0.15) is 12.5 Å². The highest BCUT2D eigenvalue weighted by Crippen LogP contribution is 2.49. The Morgan fingerprint density at radius 2 is 2.03 bits per heavy atom. The first-order chi connectivity index (χ1) is 13.7. The van der Waals surface area contributed by atoms with Crippen LogP contribution in [0, 0.1) is 11.3 Å². The second kappa shape index (κ2) is 9.17. The molecule has 156 valence electrons. The number of hydrogen-bond acceptors (Lipinski definition) is 5. The monoisotopic (exact) mass is 477 g/mol. The summed E-state index contributed by atoms with van der Waals surface area (Å²) in [5, 5.41) is 0. The minimum atomic E-state index is -0.579. The number of hydrogen-bond donors (Lipinski definition) is 0. The molecule has 0 bridgehead atoms. The van der Waals surface area contributed by atoms with E-state index in [2.05, 4.69) is 36.7 Å². The molecule has 1 unspecified atom stereocenters. The highest BCUT2D eigenvalue weighted by Gasteiger charge is 2.46. The Morgan fingerprint density at radius 3 is 2.72 bits per heavy atom. The third-order valence-electron chi connectivity index (χ3n) is 5.47. The predicted octanol–water partition coefficient (Wildman–Crippen LogP) is 5.56. The van der Waals surface area contributed by atoms with Gasteiger partial charge in [0.25, 0.3) is 0 Å². The summed E-state index contributed by atoms with van der Waals surface area (Å²) in [4.78, 5) is 31.1. The van der Waals surface area contributed by atoms with Gasteiger partial charge >= 0.3 is 5.97 Å². The van der Waals surface area contributed by atoms with E-state index >= 15 is 0 Å². The smallest absolute Gasteiger partial charge is 0.315 e. The van der Waals surface area contributed by atoms with E-state index in [4.69, 9.17) is 9.73 Å². The minimum Gasteiger partial charge on any atom is -0.464 e. The number of esters is 1. The van der Waals surface area contributed by atoms with Crippen LogP contribution < -0.4 is 0 Å². The molecule has 0 amide bonds. The van der Waals surface area contributed by atoms with Gasteiger partial charge in [-0.05, 0) is 36.1 Å². The quantitative estimate of drug-likeness (QED) is 0.397. The number of ketones is 1. The molecule has 0 radical (unpaired) electrons. The molecule has 0 spiro atoms. The Labute approximate surface area is 185 Å². The van der Waals surface area contributed by atoms with Crippen molar-refractivity contribution in [2.24, 2.45) is 16.3 Å². The second-order valence-corrected chi connectivity index (χ2v) is 10.6. The van der Waals surface area contributed by atoms with Crippen LogP contribution in [0.4, 0.5) is 0 Å². The number of rotatable bonds is 6. The van der Waals surface area contributed by atoms with Crippen molar-refractivity contribution in [3.05, 3.63) is 45.6 Å². The molecular formula is C23H28BrNO3S. The topological polar surface area (TPSA) is 55.7 Å². The minimum absolute atomic E-state index is 0.0904. The fourth-order valence-electron chi connectivity index (χ4n) is 4.25. The fraction of sp³-hybridized carbons (Fsp3) is 0.522. The van der Waals surface area contributed by atoms with Crippen LogP contribution in [0.25, 0.3) is 0 Å². The van der Waals surface area contributed by atoms with Gasteiger partial charge in [-0.2, -0.15) is 11.8 Å². The summed E-state index contributed by atoms with van der Waals surface area (Å²) in [6, 6.07) is 7.82. The molecule has 2 aliphatic rings. The van der Waals surface area contributed by atoms with E-state index < -0.39 is 5.92 Å². The zero-order valence-corrected chi connectivity index (χ0v) is 19.9. The van der Waals surface area contributed by atoms with Crippen LogP contribution in [-0.4, -0.2) is 35.6 Å². The summed E-state index contributed by atoms with van der Waals surface area (Å²) in [7, 11) is 0. The third kappa shape index (κ3) is 4.85. The van der Waals surface area contributed by atoms with Gasteiger partial charge in [0, 0.05) is 39.5 Å². The van der Waals surface area contributed by atoms with E-state index in [0.717, 1.165) is 39.4 Å². The fourth-order valence-corrected chi connectivity index (χ4v) is 5.27. The Hall–Kier alpha value is -1.40. The highest BCUT2D eigenvalue weighted by molar-refractivity contribution is 9.10. The molecule has 0 fully saturated rings. The second-order valence-electron chi connectivity index (χ2n) is 8.40. The maximum atomic E-state index is 13.2. The van der Waals surface area contributed by atoms with E-state index in [-0.39, 0.29) is 23.1 Å². The number of aliphatic imine (C=N–C) groups is 1. The number of ether oxygens (including phenoxy) is 1. The first-order valence-electron chi connectivity index (χ1n) is 10.1. The van der Waals surface area contributed by atoms with Gasteiger partial charge in [0.05, 0.1) is 0 Å². The van der Waals surface area contributed by atoms with Gasteiger partial charge in [0.2, 0.25) is 0 Å². The summed E-state index contributed by atoms with van der Waals surface area (Å²) in [6.07, 6.45) is 1.21. The van der Waals surface area contributed by atoms with E-state index in [9.17, 15) is 9.59 Å². The number of nitrogens with zero attached hydrogens (tertiary/aromatic N) is 1. The van der Waals surface area contributed by atoms with Crippen molar-refractivity contribution in [2.45, 2.75) is 46.5 Å². The molecule has 6 heteroatoms. The average Bonchev–Trinajstić information content (AvgIpc) is 2.63. The lowest BCUT2D eigenvalue weighted by Crippen LogP contribution is -2.39. The summed E-state index contributed by atoms with van der Waals surface area (Å²) in [6.45, 7) is 8.53. The molecule has 29 heavy (non-hydrogen) atoms. The first kappa shape index (κ1) is 22.3. The number of Topliss-reactive ketones (excluding diaryl/α,β-unsaturated/α-hetero) is 1. The maximum absolute atomic E-state index is 13.2. The van der Waals surface area contributed by atoms with Gasteiger partial charge in [0.15, 0.2) is 5.78 Å². The van der Waals surface area contributed by atoms with Crippen molar-refractivity contribution in [1.29, 1.82) is 0 Å². The van der Waals surface area contributed by atoms with Crippen LogP contribution in [0.15, 0.2) is 45.0 Å². The Morgan fingerprint density at radius 1 is 1.31 bits per heavy atom. The standard InChI is InChI=1S/C23H28BrNO3S/c1-5-29-11-10-28-22(27)19-14(2)25-17-12-23(3,4)13-18(26)21(17)20(19)15-8-6-7-9-16(15)24/h6-9,19-20H,5,10-13H2,1-4H3/t19?,20-/m1/s1. The summed E-state index contributed by atoms with van der Waals surface area (Å²) in [5.41, 5.74) is 3.06. The molecule has 3 rings (SSSR count). The van der Waals surface area contributed by atoms with E-state index in [0.29, 0.717) is 18.6 Å². The molecule has 1 heterocycles. The molecule has 2 atom stereocenters. The van der Waals surface area contributed by atoms with Gasteiger partial charge in [-0.15, -0.1) is 0 Å². The lowest BCUT2D eigenvalue weighted by Gasteiger charge is -2.39. The van der Waals surface area contributed by atoms with Crippen LogP contribution >= 0.6 is 27.7 Å². The molecule has 1 aliphatic carbocycles. The van der Waals surface area contributed by atoms with Crippen molar-refractivity contribution < 1.29 is 14.3 Å². The summed E-state index contributed by atoms with van der Waals surface area (Å²) < 4.78 is 6.50. The van der Waals surface area contributed by atoms with Crippen molar-refractivity contribution in [2.75, 3.05) is 18.1 Å². The van der Waals surface area contributed by atoms with Crippen molar-refractivity contribution in [3.8, 4) is 0 Å². The van der Waals surface area contributed by atoms with E-state index in [1.807, 2.05) is 31.2 Å². The summed E-state index contributed by atoms with van der Waals surface area (Å²) in [5.74, 6) is 0.603. The molecule has 0 saturated carbocycles. The number of halogens is 1. The Balaban J connectivity index is 2.04. The molecule has 1 aliphatic heterocycles. The third-order valence-corrected chi connectivity index (χ3v) is 7.06. The van der Waals surface area contributed by atoms with E-state index in [1.54, 1.807) is 11.8 Å². The first-order valence-corrected chi connectivity index (χ1v) is 12.0. The molecule has 1 aromatic carbocycles. The van der Waals surface area contributed by atoms with Crippen molar-refractivity contribution in [3.63, 3.8) is 0 Å². The molecule has 0 N–H and O–H groups in total. The number of carbonyl (C=O) groups excluding carboxylic acids is 2.